The maximum Gasteiger partial charge on any atom is 0.123 e. The number of hydrogen-bond donors (Lipinski definition) is 0. The van der Waals surface area contributed by atoms with E-state index in [0.717, 1.165) is 26.9 Å². The zero-order chi connectivity index (χ0) is 15.5. The molecule has 1 aromatic carbocycles. The summed E-state index contributed by atoms with van der Waals surface area (Å²) in [4.78, 5) is 5.84. The van der Waals surface area contributed by atoms with Crippen LogP contribution in [0.2, 0.25) is 0 Å². The van der Waals surface area contributed by atoms with E-state index in [4.69, 9.17) is 15.0 Å². The molecule has 3 nitrogen and oxygen atoms in total. The first-order valence-electron chi connectivity index (χ1n) is 7.06. The lowest BCUT2D eigenvalue weighted by Crippen LogP contribution is -2.13. The van der Waals surface area contributed by atoms with Crippen LogP contribution in [-0.4, -0.2) is 11.6 Å². The Morgan fingerprint density at radius 2 is 1.90 bits per heavy atom. The van der Waals surface area contributed by atoms with Crippen LogP contribution < -0.4 is 4.74 Å². The topological polar surface area (TPSA) is 45.9 Å². The Morgan fingerprint density at radius 3 is 2.43 bits per heavy atom. The van der Waals surface area contributed by atoms with Gasteiger partial charge in [0.2, 0.25) is 0 Å². The smallest absolute Gasteiger partial charge is 0.123 e. The van der Waals surface area contributed by atoms with Gasteiger partial charge in [-0.05, 0) is 31.2 Å². The lowest BCUT2D eigenvalue weighted by atomic mass is 9.91. The van der Waals surface area contributed by atoms with Crippen molar-refractivity contribution in [2.75, 3.05) is 6.61 Å². The highest BCUT2D eigenvalue weighted by Gasteiger charge is 2.23. The number of rotatable bonds is 4. The van der Waals surface area contributed by atoms with Crippen LogP contribution >= 0.6 is 11.3 Å². The molecular formula is C17H20N2OS. The summed E-state index contributed by atoms with van der Waals surface area (Å²) >= 11 is 1.61. The third-order valence-electron chi connectivity index (χ3n) is 3.06. The minimum atomic E-state index is -0.0494. The highest BCUT2D eigenvalue weighted by atomic mass is 32.1. The lowest BCUT2D eigenvalue weighted by Gasteiger charge is -2.16. The number of hydrogen-bond acceptors (Lipinski definition) is 4. The van der Waals surface area contributed by atoms with Gasteiger partial charge in [0, 0.05) is 15.9 Å². The Hall–Kier alpha value is -1.86. The van der Waals surface area contributed by atoms with Gasteiger partial charge in [-0.2, -0.15) is 5.26 Å². The van der Waals surface area contributed by atoms with E-state index in [1.165, 1.54) is 0 Å². The summed E-state index contributed by atoms with van der Waals surface area (Å²) in [5.74, 6) is 0.867. The minimum absolute atomic E-state index is 0.0494. The SMILES string of the molecule is CCOc1ccc(-c2nc(C(C)(C)C)c(CC#N)s2)cc1. The highest BCUT2D eigenvalue weighted by Crippen LogP contribution is 2.35. The van der Waals surface area contributed by atoms with Gasteiger partial charge in [-0.1, -0.05) is 20.8 Å². The van der Waals surface area contributed by atoms with Crippen molar-refractivity contribution >= 4 is 11.3 Å². The van der Waals surface area contributed by atoms with Gasteiger partial charge in [0.05, 0.1) is 24.8 Å². The van der Waals surface area contributed by atoms with Crippen LogP contribution in [0.25, 0.3) is 10.6 Å². The second-order valence-electron chi connectivity index (χ2n) is 5.83. The van der Waals surface area contributed by atoms with E-state index in [1.54, 1.807) is 11.3 Å². The molecule has 0 aliphatic rings. The third-order valence-corrected chi connectivity index (χ3v) is 4.16. The summed E-state index contributed by atoms with van der Waals surface area (Å²) in [5.41, 5.74) is 2.04. The molecule has 0 fully saturated rings. The van der Waals surface area contributed by atoms with Crippen molar-refractivity contribution in [2.45, 2.75) is 39.5 Å². The number of benzene rings is 1. The fourth-order valence-corrected chi connectivity index (χ4v) is 3.32. The molecule has 0 saturated carbocycles. The van der Waals surface area contributed by atoms with Crippen molar-refractivity contribution in [3.05, 3.63) is 34.8 Å². The Morgan fingerprint density at radius 1 is 1.24 bits per heavy atom. The highest BCUT2D eigenvalue weighted by molar-refractivity contribution is 7.15. The quantitative estimate of drug-likeness (QED) is 0.830. The predicted octanol–water partition coefficient (Wildman–Crippen LogP) is 4.57. The van der Waals surface area contributed by atoms with Gasteiger partial charge in [0.25, 0.3) is 0 Å². The zero-order valence-corrected chi connectivity index (χ0v) is 13.8. The van der Waals surface area contributed by atoms with E-state index >= 15 is 0 Å². The molecule has 0 bridgehead atoms. The first-order chi connectivity index (χ1) is 9.95. The van der Waals surface area contributed by atoms with Crippen molar-refractivity contribution in [2.24, 2.45) is 0 Å². The summed E-state index contributed by atoms with van der Waals surface area (Å²) in [6.45, 7) is 9.02. The largest absolute Gasteiger partial charge is 0.494 e. The molecule has 0 unspecified atom stereocenters. The lowest BCUT2D eigenvalue weighted by molar-refractivity contribution is 0.340. The average Bonchev–Trinajstić information content (AvgIpc) is 2.84. The first-order valence-corrected chi connectivity index (χ1v) is 7.87. The molecule has 0 aliphatic carbocycles. The summed E-state index contributed by atoms with van der Waals surface area (Å²) in [5, 5.41) is 9.96. The van der Waals surface area contributed by atoms with Crippen LogP contribution in [0.1, 0.15) is 38.3 Å². The van der Waals surface area contributed by atoms with Gasteiger partial charge in [-0.3, -0.25) is 0 Å². The van der Waals surface area contributed by atoms with E-state index in [1.807, 2.05) is 31.2 Å². The predicted molar refractivity (Wildman–Crippen MR) is 86.7 cm³/mol. The van der Waals surface area contributed by atoms with E-state index in [9.17, 15) is 0 Å². The van der Waals surface area contributed by atoms with Crippen LogP contribution in [0, 0.1) is 11.3 Å². The summed E-state index contributed by atoms with van der Waals surface area (Å²) in [7, 11) is 0. The molecule has 2 rings (SSSR count). The second-order valence-corrected chi connectivity index (χ2v) is 6.92. The van der Waals surface area contributed by atoms with E-state index in [2.05, 4.69) is 26.8 Å². The molecule has 0 N–H and O–H groups in total. The minimum Gasteiger partial charge on any atom is -0.494 e. The maximum absolute atomic E-state index is 9.00. The van der Waals surface area contributed by atoms with Crippen LogP contribution in [0.3, 0.4) is 0 Å². The van der Waals surface area contributed by atoms with E-state index < -0.39 is 0 Å². The summed E-state index contributed by atoms with van der Waals surface area (Å²) < 4.78 is 5.46. The molecule has 1 heterocycles. The summed E-state index contributed by atoms with van der Waals surface area (Å²) in [6, 6.07) is 10.2. The monoisotopic (exact) mass is 300 g/mol. The molecule has 21 heavy (non-hydrogen) atoms. The number of aromatic nitrogens is 1. The van der Waals surface area contributed by atoms with Crippen LogP contribution in [0.4, 0.5) is 0 Å². The van der Waals surface area contributed by atoms with Crippen LogP contribution in [0.5, 0.6) is 5.75 Å². The molecule has 2 aromatic rings. The van der Waals surface area contributed by atoms with Gasteiger partial charge < -0.3 is 4.74 Å². The van der Waals surface area contributed by atoms with E-state index in [0.29, 0.717) is 13.0 Å². The maximum atomic E-state index is 9.00. The van der Waals surface area contributed by atoms with Crippen molar-refractivity contribution in [3.63, 3.8) is 0 Å². The fraction of sp³-hybridized carbons (Fsp3) is 0.412. The molecule has 1 aromatic heterocycles. The van der Waals surface area contributed by atoms with Crippen LogP contribution in [-0.2, 0) is 11.8 Å². The normalized spacial score (nSPS) is 11.2. The van der Waals surface area contributed by atoms with Crippen LogP contribution in [0.15, 0.2) is 24.3 Å². The third kappa shape index (κ3) is 3.62. The number of nitriles is 1. The molecule has 0 spiro atoms. The van der Waals surface area contributed by atoms with Gasteiger partial charge in [-0.25, -0.2) is 4.98 Å². The number of ether oxygens (including phenoxy) is 1. The average molecular weight is 300 g/mol. The zero-order valence-electron chi connectivity index (χ0n) is 12.9. The Labute approximate surface area is 130 Å². The first kappa shape index (κ1) is 15.5. The van der Waals surface area contributed by atoms with Gasteiger partial charge >= 0.3 is 0 Å². The molecule has 4 heteroatoms. The van der Waals surface area contributed by atoms with Crippen molar-refractivity contribution in [3.8, 4) is 22.4 Å². The van der Waals surface area contributed by atoms with E-state index in [-0.39, 0.29) is 5.41 Å². The van der Waals surface area contributed by atoms with Crippen molar-refractivity contribution in [1.29, 1.82) is 5.26 Å². The molecular weight excluding hydrogens is 280 g/mol. The fourth-order valence-electron chi connectivity index (χ4n) is 2.11. The second kappa shape index (κ2) is 6.28. The van der Waals surface area contributed by atoms with Gasteiger partial charge in [0.15, 0.2) is 0 Å². The Balaban J connectivity index is 2.38. The van der Waals surface area contributed by atoms with Crippen molar-refractivity contribution < 1.29 is 4.74 Å². The molecule has 0 amide bonds. The molecule has 0 saturated heterocycles. The Bertz CT molecular complexity index is 645. The molecule has 0 atom stereocenters. The molecule has 0 aliphatic heterocycles. The molecule has 110 valence electrons. The number of nitrogens with zero attached hydrogens (tertiary/aromatic N) is 2. The van der Waals surface area contributed by atoms with Gasteiger partial charge in [0.1, 0.15) is 10.8 Å². The Kier molecular flexibility index (Phi) is 4.64. The standard InChI is InChI=1S/C17H20N2OS/c1-5-20-13-8-6-12(7-9-13)16-19-15(17(2,3)4)14(21-16)10-11-18/h6-9H,5,10H2,1-4H3. The van der Waals surface area contributed by atoms with Crippen molar-refractivity contribution in [1.82, 2.24) is 4.98 Å². The van der Waals surface area contributed by atoms with Gasteiger partial charge in [-0.15, -0.1) is 11.3 Å². The number of thiazole rings is 1. The summed E-state index contributed by atoms with van der Waals surface area (Å²) in [6.07, 6.45) is 0.418. The molecule has 0 radical (unpaired) electrons.